The van der Waals surface area contributed by atoms with Crippen LogP contribution in [0.15, 0.2) is 59.4 Å². The van der Waals surface area contributed by atoms with E-state index in [1.807, 2.05) is 30.3 Å². The van der Waals surface area contributed by atoms with E-state index in [1.165, 1.54) is 19.8 Å². The number of nitrogens with zero attached hydrogens (tertiary/aromatic N) is 4. The largest absolute Gasteiger partial charge is 0.373 e. The maximum absolute atomic E-state index is 12.6. The summed E-state index contributed by atoms with van der Waals surface area (Å²) in [6.07, 6.45) is 0. The molecule has 0 aliphatic heterocycles. The zero-order valence-corrected chi connectivity index (χ0v) is 14.1. The van der Waals surface area contributed by atoms with Crippen LogP contribution in [0.25, 0.3) is 5.69 Å². The van der Waals surface area contributed by atoms with Gasteiger partial charge in [0, 0.05) is 5.56 Å². The zero-order chi connectivity index (χ0) is 16.9. The second kappa shape index (κ2) is 7.42. The van der Waals surface area contributed by atoms with Crippen molar-refractivity contribution in [2.45, 2.75) is 20.1 Å². The molecule has 0 spiro atoms. The molecule has 0 amide bonds. The lowest BCUT2D eigenvalue weighted by molar-refractivity contribution is -0.935. The minimum atomic E-state index is -0.290. The van der Waals surface area contributed by atoms with E-state index in [9.17, 15) is 4.79 Å². The zero-order valence-electron chi connectivity index (χ0n) is 13.4. The summed E-state index contributed by atoms with van der Waals surface area (Å²) in [6, 6.07) is 17.3. The number of quaternary nitrogens is 1. The Morgan fingerprint density at radius 3 is 2.46 bits per heavy atom. The first-order valence-corrected chi connectivity index (χ1v) is 8.22. The van der Waals surface area contributed by atoms with E-state index >= 15 is 0 Å². The van der Waals surface area contributed by atoms with Crippen LogP contribution in [0.5, 0.6) is 0 Å². The fourth-order valence-electron chi connectivity index (χ4n) is 2.54. The van der Waals surface area contributed by atoms with Gasteiger partial charge in [-0.1, -0.05) is 54.1 Å². The Balaban J connectivity index is 1.81. The Morgan fingerprint density at radius 2 is 1.75 bits per heavy atom. The Morgan fingerprint density at radius 1 is 1.04 bits per heavy atom. The second-order valence-corrected chi connectivity index (χ2v) is 5.96. The normalized spacial score (nSPS) is 12.2. The predicted molar refractivity (Wildman–Crippen MR) is 92.3 cm³/mol. The highest BCUT2D eigenvalue weighted by atomic mass is 35.5. The fraction of sp³-hybridized carbons (Fsp3) is 0.235. The first kappa shape index (κ1) is 16.4. The number of para-hydroxylation sites is 1. The number of hydrogen-bond acceptors (Lipinski definition) is 3. The van der Waals surface area contributed by atoms with Gasteiger partial charge in [-0.2, -0.15) is 4.68 Å². The molecule has 2 aromatic carbocycles. The molecule has 1 heterocycles. The van der Waals surface area contributed by atoms with Gasteiger partial charge >= 0.3 is 5.69 Å². The number of rotatable bonds is 6. The van der Waals surface area contributed by atoms with E-state index in [-0.39, 0.29) is 5.69 Å². The average Bonchev–Trinajstić information content (AvgIpc) is 2.96. The van der Waals surface area contributed by atoms with Crippen molar-refractivity contribution in [1.29, 1.82) is 0 Å². The van der Waals surface area contributed by atoms with Crippen LogP contribution in [0.4, 0.5) is 0 Å². The second-order valence-electron chi connectivity index (χ2n) is 5.55. The van der Waals surface area contributed by atoms with Crippen LogP contribution in [0.3, 0.4) is 0 Å². The van der Waals surface area contributed by atoms with Crippen LogP contribution < -0.4 is 10.6 Å². The van der Waals surface area contributed by atoms with Gasteiger partial charge in [0.1, 0.15) is 6.54 Å². The van der Waals surface area contributed by atoms with Gasteiger partial charge in [0.25, 0.3) is 0 Å². The number of nitrogens with one attached hydrogen (secondary N) is 1. The molecule has 0 aliphatic carbocycles. The quantitative estimate of drug-likeness (QED) is 0.729. The summed E-state index contributed by atoms with van der Waals surface area (Å²) < 4.78 is 2.61. The van der Waals surface area contributed by atoms with Crippen molar-refractivity contribution < 1.29 is 4.90 Å². The molecule has 0 saturated carbocycles. The predicted octanol–water partition coefficient (Wildman–Crippen LogP) is 1.14. The van der Waals surface area contributed by atoms with Crippen molar-refractivity contribution in [3.8, 4) is 5.69 Å². The van der Waals surface area contributed by atoms with E-state index in [0.717, 1.165) is 13.1 Å². The van der Waals surface area contributed by atoms with Gasteiger partial charge in [0.05, 0.1) is 17.3 Å². The van der Waals surface area contributed by atoms with Gasteiger partial charge in [-0.3, -0.25) is 0 Å². The van der Waals surface area contributed by atoms with E-state index in [1.54, 1.807) is 12.1 Å². The molecule has 1 unspecified atom stereocenters. The van der Waals surface area contributed by atoms with Gasteiger partial charge in [-0.05, 0) is 29.5 Å². The maximum Gasteiger partial charge on any atom is 0.373 e. The minimum absolute atomic E-state index is 0.290. The summed E-state index contributed by atoms with van der Waals surface area (Å²) in [6.45, 7) is 4.24. The van der Waals surface area contributed by atoms with Crippen LogP contribution in [-0.2, 0) is 13.2 Å². The summed E-state index contributed by atoms with van der Waals surface area (Å²) >= 11 is 6.14. The molecule has 0 radical (unpaired) electrons. The number of halogens is 1. The average molecular weight is 345 g/mol. The number of hydrogen-bond donors (Lipinski definition) is 1. The van der Waals surface area contributed by atoms with Crippen molar-refractivity contribution in [3.05, 3.63) is 75.7 Å². The molecular formula is C17H19ClN5O+. The topological polar surface area (TPSA) is 57.2 Å². The van der Waals surface area contributed by atoms with Crippen molar-refractivity contribution in [2.24, 2.45) is 0 Å². The monoisotopic (exact) mass is 344 g/mol. The van der Waals surface area contributed by atoms with Crippen LogP contribution in [0.2, 0.25) is 5.02 Å². The van der Waals surface area contributed by atoms with E-state index < -0.39 is 0 Å². The molecule has 1 N–H and O–H groups in total. The van der Waals surface area contributed by atoms with Crippen LogP contribution in [0.1, 0.15) is 12.5 Å². The molecule has 0 aliphatic rings. The van der Waals surface area contributed by atoms with E-state index in [2.05, 4.69) is 29.5 Å². The molecular weight excluding hydrogens is 326 g/mol. The van der Waals surface area contributed by atoms with Gasteiger partial charge in [-0.25, -0.2) is 4.79 Å². The molecule has 1 aromatic heterocycles. The van der Waals surface area contributed by atoms with Crippen LogP contribution in [0, 0.1) is 0 Å². The summed E-state index contributed by atoms with van der Waals surface area (Å²) in [4.78, 5) is 13.8. The van der Waals surface area contributed by atoms with Crippen LogP contribution >= 0.6 is 11.6 Å². The molecule has 124 valence electrons. The van der Waals surface area contributed by atoms with Crippen molar-refractivity contribution in [1.82, 2.24) is 19.8 Å². The first-order chi connectivity index (χ1) is 11.7. The van der Waals surface area contributed by atoms with E-state index in [0.29, 0.717) is 17.4 Å². The van der Waals surface area contributed by atoms with Gasteiger partial charge < -0.3 is 4.90 Å². The van der Waals surface area contributed by atoms with Crippen molar-refractivity contribution in [2.75, 3.05) is 6.54 Å². The number of tetrazole rings is 1. The van der Waals surface area contributed by atoms with Gasteiger partial charge in [-0.15, -0.1) is 4.68 Å². The van der Waals surface area contributed by atoms with Gasteiger partial charge in [0.15, 0.2) is 6.67 Å². The minimum Gasteiger partial charge on any atom is -0.313 e. The third kappa shape index (κ3) is 3.55. The Kier molecular flexibility index (Phi) is 5.08. The number of benzene rings is 2. The molecule has 24 heavy (non-hydrogen) atoms. The smallest absolute Gasteiger partial charge is 0.313 e. The summed E-state index contributed by atoms with van der Waals surface area (Å²) in [5.74, 6) is 0. The van der Waals surface area contributed by atoms with Gasteiger partial charge in [0.2, 0.25) is 0 Å². The fourth-order valence-corrected chi connectivity index (χ4v) is 2.75. The molecule has 0 fully saturated rings. The SMILES string of the molecule is CC[NH+](Cc1ccccc1)Cn1nnn(-c2ccccc2Cl)c1=O. The lowest BCUT2D eigenvalue weighted by atomic mass is 10.2. The highest BCUT2D eigenvalue weighted by Gasteiger charge is 2.15. The summed E-state index contributed by atoms with van der Waals surface area (Å²) in [5, 5.41) is 8.43. The molecule has 0 saturated heterocycles. The molecule has 3 rings (SSSR count). The Hall–Kier alpha value is -2.44. The lowest BCUT2D eigenvalue weighted by Crippen LogP contribution is -3.10. The molecule has 3 aromatic rings. The standard InChI is InChI=1S/C17H18ClN5O/c1-2-21(12-14-8-4-3-5-9-14)13-22-17(24)23(20-19-22)16-11-7-6-10-15(16)18/h3-11H,2,12-13H2,1H3/p+1. The van der Waals surface area contributed by atoms with E-state index in [4.69, 9.17) is 11.6 Å². The summed E-state index contributed by atoms with van der Waals surface area (Å²) in [5.41, 5.74) is 1.47. The Labute approximate surface area is 144 Å². The lowest BCUT2D eigenvalue weighted by Gasteiger charge is -2.16. The van der Waals surface area contributed by atoms with Crippen molar-refractivity contribution >= 4 is 11.6 Å². The Bertz CT molecular complexity index is 859. The van der Waals surface area contributed by atoms with Crippen molar-refractivity contribution in [3.63, 3.8) is 0 Å². The van der Waals surface area contributed by atoms with Crippen LogP contribution in [-0.4, -0.2) is 26.3 Å². The molecule has 7 heteroatoms. The summed E-state index contributed by atoms with van der Waals surface area (Å²) in [7, 11) is 0. The molecule has 6 nitrogen and oxygen atoms in total. The maximum atomic E-state index is 12.6. The number of aromatic nitrogens is 4. The molecule has 0 bridgehead atoms. The third-order valence-corrected chi connectivity index (χ3v) is 4.21. The molecule has 1 atom stereocenters. The first-order valence-electron chi connectivity index (χ1n) is 7.84. The third-order valence-electron chi connectivity index (χ3n) is 3.89. The highest BCUT2D eigenvalue weighted by molar-refractivity contribution is 6.32. The highest BCUT2D eigenvalue weighted by Crippen LogP contribution is 2.16.